The zero-order valence-corrected chi connectivity index (χ0v) is 15.0. The average molecular weight is 366 g/mol. The van der Waals surface area contributed by atoms with Crippen LogP contribution in [0.25, 0.3) is 11.7 Å². The summed E-state index contributed by atoms with van der Waals surface area (Å²) in [5.41, 5.74) is 0.103. The lowest BCUT2D eigenvalue weighted by Crippen LogP contribution is -2.40. The van der Waals surface area contributed by atoms with E-state index in [4.69, 9.17) is 18.8 Å². The molecule has 1 fully saturated rings. The number of rotatable bonds is 4. The summed E-state index contributed by atoms with van der Waals surface area (Å²) in [4.78, 5) is 5.75. The minimum absolute atomic E-state index is 0.0618. The molecule has 1 saturated heterocycles. The Morgan fingerprint density at radius 2 is 1.96 bits per heavy atom. The van der Waals surface area contributed by atoms with Crippen molar-refractivity contribution >= 4 is 15.9 Å². The van der Waals surface area contributed by atoms with Crippen molar-refractivity contribution in [1.82, 2.24) is 9.29 Å². The van der Waals surface area contributed by atoms with Crippen molar-refractivity contribution in [3.63, 3.8) is 0 Å². The molecule has 0 aliphatic carbocycles. The Labute approximate surface area is 145 Å². The van der Waals surface area contributed by atoms with Gasteiger partial charge in [-0.15, -0.1) is 0 Å². The molecule has 0 saturated carbocycles. The largest absolute Gasteiger partial charge is 0.455 e. The van der Waals surface area contributed by atoms with Gasteiger partial charge >= 0.3 is 0 Å². The summed E-state index contributed by atoms with van der Waals surface area (Å²) in [7, 11) is -0.260. The fraction of sp³-hybridized carbons (Fsp3) is 0.467. The van der Waals surface area contributed by atoms with Crippen molar-refractivity contribution in [2.24, 2.45) is 0 Å². The first-order valence-corrected chi connectivity index (χ1v) is 9.05. The third-order valence-electron chi connectivity index (χ3n) is 3.79. The third kappa shape index (κ3) is 3.13. The zero-order chi connectivity index (χ0) is 18.2. The van der Waals surface area contributed by atoms with E-state index in [9.17, 15) is 8.42 Å². The van der Waals surface area contributed by atoms with E-state index < -0.39 is 10.0 Å². The second-order valence-electron chi connectivity index (χ2n) is 5.73. The minimum Gasteiger partial charge on any atom is -0.455 e. The first kappa shape index (κ1) is 17.5. The fourth-order valence-corrected chi connectivity index (χ4v) is 4.12. The van der Waals surface area contributed by atoms with E-state index in [1.165, 1.54) is 10.4 Å². The quantitative estimate of drug-likeness (QED) is 0.793. The molecule has 0 radical (unpaired) electrons. The maximum absolute atomic E-state index is 12.8. The van der Waals surface area contributed by atoms with Gasteiger partial charge in [-0.25, -0.2) is 8.42 Å². The molecule has 0 atom stereocenters. The lowest BCUT2D eigenvalue weighted by molar-refractivity contribution is 0.0730. The van der Waals surface area contributed by atoms with Crippen LogP contribution in [-0.2, 0) is 14.8 Å². The monoisotopic (exact) mass is 366 g/mol. The number of hydrogen-bond donors (Lipinski definition) is 0. The Balaban J connectivity index is 1.99. The molecule has 10 heteroatoms. The number of furan rings is 1. The average Bonchev–Trinajstić information content (AvgIpc) is 3.19. The molecule has 134 valence electrons. The molecule has 3 heterocycles. The summed E-state index contributed by atoms with van der Waals surface area (Å²) >= 11 is 0. The predicted molar refractivity (Wildman–Crippen MR) is 87.6 cm³/mol. The van der Waals surface area contributed by atoms with Crippen molar-refractivity contribution in [2.75, 3.05) is 45.3 Å². The van der Waals surface area contributed by atoms with Crippen LogP contribution in [0.15, 0.2) is 19.8 Å². The predicted octanol–water partition coefficient (Wildman–Crippen LogP) is 1.20. The molecule has 25 heavy (non-hydrogen) atoms. The number of oxazole rings is 1. The molecular weight excluding hydrogens is 348 g/mol. The Morgan fingerprint density at radius 1 is 1.28 bits per heavy atom. The molecule has 1 aliphatic rings. The third-order valence-corrected chi connectivity index (χ3v) is 5.80. The number of anilines is 1. The second-order valence-corrected chi connectivity index (χ2v) is 7.63. The van der Waals surface area contributed by atoms with Crippen LogP contribution in [0, 0.1) is 18.3 Å². The van der Waals surface area contributed by atoms with Crippen molar-refractivity contribution in [3.05, 3.63) is 17.5 Å². The van der Waals surface area contributed by atoms with Crippen molar-refractivity contribution in [1.29, 1.82) is 5.26 Å². The summed E-state index contributed by atoms with van der Waals surface area (Å²) in [5.74, 6) is 0.745. The Hall–Kier alpha value is -2.35. The zero-order valence-electron chi connectivity index (χ0n) is 14.1. The van der Waals surface area contributed by atoms with Gasteiger partial charge in [0.05, 0.1) is 13.2 Å². The van der Waals surface area contributed by atoms with Crippen LogP contribution in [-0.4, -0.2) is 58.1 Å². The normalized spacial score (nSPS) is 15.9. The molecule has 2 aromatic heterocycles. The van der Waals surface area contributed by atoms with Crippen LogP contribution < -0.4 is 4.90 Å². The Bertz CT molecular complexity index is 916. The number of nitrogens with zero attached hydrogens (tertiary/aromatic N) is 4. The summed E-state index contributed by atoms with van der Waals surface area (Å²) in [5, 5.41) is 9.14. The lowest BCUT2D eigenvalue weighted by Gasteiger charge is -2.25. The van der Waals surface area contributed by atoms with Crippen molar-refractivity contribution in [3.8, 4) is 17.7 Å². The molecule has 2 aromatic rings. The van der Waals surface area contributed by atoms with Crippen LogP contribution in [0.5, 0.6) is 0 Å². The highest BCUT2D eigenvalue weighted by Gasteiger charge is 2.31. The van der Waals surface area contributed by atoms with Gasteiger partial charge in [0, 0.05) is 33.3 Å². The maximum Gasteiger partial charge on any atom is 0.266 e. The molecule has 0 N–H and O–H groups in total. The molecule has 0 bridgehead atoms. The number of aryl methyl sites for hydroxylation is 1. The van der Waals surface area contributed by atoms with Gasteiger partial charge < -0.3 is 18.5 Å². The van der Waals surface area contributed by atoms with Crippen LogP contribution in [0.2, 0.25) is 0 Å². The Morgan fingerprint density at radius 3 is 2.52 bits per heavy atom. The molecular formula is C15H18N4O5S. The Kier molecular flexibility index (Phi) is 4.55. The smallest absolute Gasteiger partial charge is 0.266 e. The van der Waals surface area contributed by atoms with E-state index in [1.54, 1.807) is 25.9 Å². The molecule has 0 spiro atoms. The van der Waals surface area contributed by atoms with Crippen LogP contribution in [0.1, 0.15) is 11.5 Å². The minimum atomic E-state index is -3.69. The van der Waals surface area contributed by atoms with Gasteiger partial charge in [0.25, 0.3) is 5.89 Å². The summed E-state index contributed by atoms with van der Waals surface area (Å²) in [6, 6.07) is 3.32. The van der Waals surface area contributed by atoms with Crippen molar-refractivity contribution in [2.45, 2.75) is 11.8 Å². The van der Waals surface area contributed by atoms with Gasteiger partial charge in [0.1, 0.15) is 16.7 Å². The number of ether oxygens (including phenoxy) is 1. The number of hydrogen-bond acceptors (Lipinski definition) is 8. The lowest BCUT2D eigenvalue weighted by atomic mass is 10.4. The summed E-state index contributed by atoms with van der Waals surface area (Å²) in [6.07, 6.45) is 0. The van der Waals surface area contributed by atoms with Crippen LogP contribution >= 0.6 is 0 Å². The standard InChI is InChI=1S/C15H18N4O5S/c1-10-13(25(20,21)19-4-6-22-7-5-19)8-12(23-10)14-17-11(9-16)15(24-14)18(2)3/h8H,4-7H2,1-3H3. The number of aromatic nitrogens is 1. The van der Waals surface area contributed by atoms with Crippen LogP contribution in [0.3, 0.4) is 0 Å². The van der Waals surface area contributed by atoms with Gasteiger partial charge in [0.2, 0.25) is 21.6 Å². The first-order valence-electron chi connectivity index (χ1n) is 7.61. The number of sulfonamides is 1. The summed E-state index contributed by atoms with van der Waals surface area (Å²) in [6.45, 7) is 2.88. The van der Waals surface area contributed by atoms with E-state index in [2.05, 4.69) is 4.98 Å². The fourth-order valence-electron chi connectivity index (χ4n) is 2.55. The maximum atomic E-state index is 12.8. The molecule has 3 rings (SSSR count). The molecule has 1 aliphatic heterocycles. The molecule has 0 aromatic carbocycles. The second kappa shape index (κ2) is 6.51. The van der Waals surface area contributed by atoms with E-state index >= 15 is 0 Å². The molecule has 0 amide bonds. The topological polar surface area (TPSA) is 113 Å². The van der Waals surface area contributed by atoms with E-state index in [1.807, 2.05) is 6.07 Å². The highest BCUT2D eigenvalue weighted by Crippen LogP contribution is 2.32. The van der Waals surface area contributed by atoms with Gasteiger partial charge in [-0.1, -0.05) is 0 Å². The van der Waals surface area contributed by atoms with Gasteiger partial charge in [-0.2, -0.15) is 14.6 Å². The van der Waals surface area contributed by atoms with Gasteiger partial charge in [-0.05, 0) is 6.92 Å². The van der Waals surface area contributed by atoms with E-state index in [-0.39, 0.29) is 33.9 Å². The number of nitriles is 1. The highest BCUT2D eigenvalue weighted by atomic mass is 32.2. The first-order chi connectivity index (χ1) is 11.8. The summed E-state index contributed by atoms with van der Waals surface area (Å²) < 4.78 is 43.2. The number of morpholine rings is 1. The van der Waals surface area contributed by atoms with E-state index in [0.29, 0.717) is 26.3 Å². The van der Waals surface area contributed by atoms with Gasteiger partial charge in [-0.3, -0.25) is 0 Å². The van der Waals surface area contributed by atoms with Crippen molar-refractivity contribution < 1.29 is 22.0 Å². The van der Waals surface area contributed by atoms with E-state index in [0.717, 1.165) is 0 Å². The van der Waals surface area contributed by atoms with Gasteiger partial charge in [0.15, 0.2) is 5.76 Å². The van der Waals surface area contributed by atoms with Crippen LogP contribution in [0.4, 0.5) is 5.88 Å². The molecule has 9 nitrogen and oxygen atoms in total. The highest BCUT2D eigenvalue weighted by molar-refractivity contribution is 7.89. The SMILES string of the molecule is Cc1oc(-c2nc(C#N)c(N(C)C)o2)cc1S(=O)(=O)N1CCOCC1. The molecule has 0 unspecified atom stereocenters.